The van der Waals surface area contributed by atoms with Crippen LogP contribution in [-0.4, -0.2) is 55.7 Å². The SMILES string of the molecule is CN1C(=O)N2C(=CNC(=O)C2(Cc2ccc(O)cc2)Cc2ccc3ccccc3c2)N1C(=O)O. The number of carboxylic acid groups (broad SMARTS) is 1. The molecule has 0 bridgehead atoms. The first-order valence-electron chi connectivity index (χ1n) is 10.7. The summed E-state index contributed by atoms with van der Waals surface area (Å²) in [6.07, 6.45) is 0.156. The number of fused-ring (bicyclic) bond motifs is 2. The molecule has 172 valence electrons. The van der Waals surface area contributed by atoms with Crippen molar-refractivity contribution in [3.8, 4) is 5.75 Å². The largest absolute Gasteiger partial charge is 0.508 e. The second-order valence-corrected chi connectivity index (χ2v) is 8.45. The van der Waals surface area contributed by atoms with Gasteiger partial charge in [0.15, 0.2) is 5.82 Å². The average Bonchev–Trinajstić information content (AvgIpc) is 3.08. The minimum absolute atomic E-state index is 0.0548. The fourth-order valence-corrected chi connectivity index (χ4v) is 4.72. The Morgan fingerprint density at radius 3 is 2.29 bits per heavy atom. The number of rotatable bonds is 4. The predicted octanol–water partition coefficient (Wildman–Crippen LogP) is 3.26. The van der Waals surface area contributed by atoms with E-state index in [2.05, 4.69) is 5.32 Å². The molecule has 0 radical (unpaired) electrons. The molecular weight excluding hydrogens is 436 g/mol. The zero-order valence-electron chi connectivity index (χ0n) is 18.3. The van der Waals surface area contributed by atoms with Crippen molar-refractivity contribution < 1.29 is 24.6 Å². The molecule has 34 heavy (non-hydrogen) atoms. The number of benzene rings is 3. The Bertz CT molecular complexity index is 1350. The molecule has 9 nitrogen and oxygen atoms in total. The van der Waals surface area contributed by atoms with E-state index in [0.29, 0.717) is 5.56 Å². The number of hydrogen-bond donors (Lipinski definition) is 3. The summed E-state index contributed by atoms with van der Waals surface area (Å²) in [5.41, 5.74) is 0.0799. The number of carbonyl (C=O) groups excluding carboxylic acids is 2. The van der Waals surface area contributed by atoms with Crippen LogP contribution in [0.4, 0.5) is 9.59 Å². The molecule has 1 fully saturated rings. The fourth-order valence-electron chi connectivity index (χ4n) is 4.72. The van der Waals surface area contributed by atoms with Crippen LogP contribution in [-0.2, 0) is 17.6 Å². The number of carbonyl (C=O) groups is 3. The first kappa shape index (κ1) is 21.3. The van der Waals surface area contributed by atoms with E-state index in [-0.39, 0.29) is 24.4 Å². The normalized spacial score (nSPS) is 19.8. The van der Waals surface area contributed by atoms with Gasteiger partial charge in [-0.25, -0.2) is 14.6 Å². The van der Waals surface area contributed by atoms with E-state index in [4.69, 9.17) is 0 Å². The summed E-state index contributed by atoms with van der Waals surface area (Å²) in [4.78, 5) is 40.1. The van der Waals surface area contributed by atoms with Crippen LogP contribution in [0, 0.1) is 0 Å². The van der Waals surface area contributed by atoms with Crippen molar-refractivity contribution in [2.24, 2.45) is 0 Å². The van der Waals surface area contributed by atoms with Gasteiger partial charge in [0, 0.05) is 26.1 Å². The Balaban J connectivity index is 1.65. The van der Waals surface area contributed by atoms with Crippen LogP contribution in [0.25, 0.3) is 10.8 Å². The number of aromatic hydroxyl groups is 1. The lowest BCUT2D eigenvalue weighted by atomic mass is 9.81. The molecule has 0 spiro atoms. The predicted molar refractivity (Wildman–Crippen MR) is 123 cm³/mol. The van der Waals surface area contributed by atoms with Crippen LogP contribution in [0.1, 0.15) is 11.1 Å². The second kappa shape index (κ2) is 7.80. The van der Waals surface area contributed by atoms with E-state index in [0.717, 1.165) is 26.4 Å². The lowest BCUT2D eigenvalue weighted by molar-refractivity contribution is -0.131. The average molecular weight is 458 g/mol. The summed E-state index contributed by atoms with van der Waals surface area (Å²) in [7, 11) is 1.35. The minimum atomic E-state index is -1.45. The Kier molecular flexibility index (Phi) is 4.89. The highest BCUT2D eigenvalue weighted by Crippen LogP contribution is 2.39. The summed E-state index contributed by atoms with van der Waals surface area (Å²) < 4.78 is 0. The monoisotopic (exact) mass is 458 g/mol. The molecule has 4 amide bonds. The zero-order chi connectivity index (χ0) is 24.0. The van der Waals surface area contributed by atoms with E-state index >= 15 is 0 Å². The summed E-state index contributed by atoms with van der Waals surface area (Å²) in [5, 5.41) is 25.9. The summed E-state index contributed by atoms with van der Waals surface area (Å²) in [6, 6.07) is 19.4. The molecule has 1 atom stereocenters. The number of nitrogens with one attached hydrogen (secondary N) is 1. The zero-order valence-corrected chi connectivity index (χ0v) is 18.3. The number of nitrogens with zero attached hydrogens (tertiary/aromatic N) is 3. The van der Waals surface area contributed by atoms with Crippen LogP contribution in [0.2, 0.25) is 0 Å². The fraction of sp³-hybridized carbons (Fsp3) is 0.160. The third kappa shape index (κ3) is 3.29. The number of phenolic OH excluding ortho intramolecular Hbond substituents is 1. The summed E-state index contributed by atoms with van der Waals surface area (Å²) >= 11 is 0. The Labute approximate surface area is 195 Å². The Morgan fingerprint density at radius 2 is 1.59 bits per heavy atom. The van der Waals surface area contributed by atoms with E-state index < -0.39 is 23.6 Å². The highest BCUT2D eigenvalue weighted by molar-refractivity contribution is 5.97. The van der Waals surface area contributed by atoms with Gasteiger partial charge in [0.2, 0.25) is 0 Å². The Hall–Kier alpha value is -4.53. The van der Waals surface area contributed by atoms with Gasteiger partial charge in [-0.2, -0.15) is 5.01 Å². The van der Waals surface area contributed by atoms with Crippen LogP contribution in [0.5, 0.6) is 5.75 Å². The van der Waals surface area contributed by atoms with Gasteiger partial charge >= 0.3 is 12.1 Å². The van der Waals surface area contributed by atoms with Gasteiger partial charge in [0.05, 0.1) is 0 Å². The van der Waals surface area contributed by atoms with Gasteiger partial charge in [-0.15, -0.1) is 0 Å². The lowest BCUT2D eigenvalue weighted by Crippen LogP contribution is -2.63. The third-order valence-electron chi connectivity index (χ3n) is 6.32. The first-order chi connectivity index (χ1) is 16.3. The molecule has 0 aliphatic carbocycles. The second-order valence-electron chi connectivity index (χ2n) is 8.45. The number of hydrogen-bond acceptors (Lipinski definition) is 4. The van der Waals surface area contributed by atoms with E-state index in [9.17, 15) is 24.6 Å². The Morgan fingerprint density at radius 1 is 0.941 bits per heavy atom. The summed E-state index contributed by atoms with van der Waals surface area (Å²) in [6.45, 7) is 0. The number of urea groups is 1. The standard InChI is InChI=1S/C25H22N4O5/c1-27-23(32)28-21(29(27)24(33)34)15-26-22(31)25(28,13-16-7-10-20(30)11-8-16)14-17-6-9-18-4-2-3-5-19(18)12-17/h2-12,15,30H,13-14H2,1H3,(H,26,31)(H,33,34). The minimum Gasteiger partial charge on any atom is -0.508 e. The molecule has 3 N–H and O–H groups in total. The van der Waals surface area contributed by atoms with Crippen molar-refractivity contribution in [3.05, 3.63) is 89.9 Å². The molecule has 1 unspecified atom stereocenters. The van der Waals surface area contributed by atoms with E-state index in [1.807, 2.05) is 42.5 Å². The number of hydrazine groups is 1. The van der Waals surface area contributed by atoms with E-state index in [1.54, 1.807) is 12.1 Å². The molecule has 1 saturated heterocycles. The van der Waals surface area contributed by atoms with Crippen molar-refractivity contribution >= 4 is 28.8 Å². The molecule has 5 rings (SSSR count). The van der Waals surface area contributed by atoms with Crippen LogP contribution in [0.3, 0.4) is 0 Å². The first-order valence-corrected chi connectivity index (χ1v) is 10.7. The molecule has 3 aromatic rings. The smallest absolute Gasteiger partial charge is 0.432 e. The third-order valence-corrected chi connectivity index (χ3v) is 6.32. The number of amides is 4. The van der Waals surface area contributed by atoms with Crippen LogP contribution in [0.15, 0.2) is 78.8 Å². The molecule has 0 aromatic heterocycles. The highest BCUT2D eigenvalue weighted by atomic mass is 16.4. The molecule has 2 aliphatic heterocycles. The van der Waals surface area contributed by atoms with Gasteiger partial charge in [-0.1, -0.05) is 54.6 Å². The van der Waals surface area contributed by atoms with Crippen LogP contribution < -0.4 is 5.32 Å². The maximum absolute atomic E-state index is 13.5. The quantitative estimate of drug-likeness (QED) is 0.555. The lowest BCUT2D eigenvalue weighted by Gasteiger charge is -2.42. The maximum Gasteiger partial charge on any atom is 0.432 e. The van der Waals surface area contributed by atoms with E-state index in [1.165, 1.54) is 30.3 Å². The van der Waals surface area contributed by atoms with Gasteiger partial charge in [0.1, 0.15) is 11.3 Å². The van der Waals surface area contributed by atoms with Gasteiger partial charge in [-0.3, -0.25) is 9.69 Å². The molecular formula is C25H22N4O5. The van der Waals surface area contributed by atoms with Crippen molar-refractivity contribution in [1.82, 2.24) is 20.2 Å². The number of phenols is 1. The molecule has 2 aliphatic rings. The molecule has 0 saturated carbocycles. The highest BCUT2D eigenvalue weighted by Gasteiger charge is 2.57. The topological polar surface area (TPSA) is 113 Å². The molecule has 3 aromatic carbocycles. The van der Waals surface area contributed by atoms with Gasteiger partial charge in [0.25, 0.3) is 5.91 Å². The molecule has 2 heterocycles. The molecule has 9 heteroatoms. The van der Waals surface area contributed by atoms with Crippen LogP contribution >= 0.6 is 0 Å². The van der Waals surface area contributed by atoms with Crippen molar-refractivity contribution in [1.29, 1.82) is 0 Å². The van der Waals surface area contributed by atoms with Gasteiger partial charge in [-0.05, 0) is 34.0 Å². The summed E-state index contributed by atoms with van der Waals surface area (Å²) in [5.74, 6) is -0.291. The van der Waals surface area contributed by atoms with Crippen molar-refractivity contribution in [2.75, 3.05) is 7.05 Å². The van der Waals surface area contributed by atoms with Crippen molar-refractivity contribution in [3.63, 3.8) is 0 Å². The maximum atomic E-state index is 13.5. The van der Waals surface area contributed by atoms with Gasteiger partial charge < -0.3 is 15.5 Å². The van der Waals surface area contributed by atoms with Crippen molar-refractivity contribution in [2.45, 2.75) is 18.4 Å².